The topological polar surface area (TPSA) is 103 Å². The normalized spacial score (nSPS) is 13.0. The second-order valence-corrected chi connectivity index (χ2v) is 7.92. The van der Waals surface area contributed by atoms with E-state index in [1.807, 2.05) is 18.2 Å². The van der Waals surface area contributed by atoms with Crippen LogP contribution in [-0.2, 0) is 6.54 Å². The van der Waals surface area contributed by atoms with E-state index in [0.29, 0.717) is 16.5 Å². The van der Waals surface area contributed by atoms with Crippen molar-refractivity contribution in [2.45, 2.75) is 6.54 Å². The van der Waals surface area contributed by atoms with Gasteiger partial charge in [0, 0.05) is 15.9 Å². The minimum atomic E-state index is -0.688. The first-order valence-electron chi connectivity index (χ1n) is 8.32. The Labute approximate surface area is 177 Å². The van der Waals surface area contributed by atoms with Crippen LogP contribution in [0.2, 0.25) is 0 Å². The van der Waals surface area contributed by atoms with E-state index in [1.54, 1.807) is 12.5 Å². The number of nitrogens with zero attached hydrogens (tertiary/aromatic N) is 3. The monoisotopic (exact) mass is 473 g/mol. The summed E-state index contributed by atoms with van der Waals surface area (Å²) in [6.07, 6.45) is 0. The number of ether oxygens (including phenoxy) is 1. The van der Waals surface area contributed by atoms with E-state index < -0.39 is 16.7 Å². The summed E-state index contributed by atoms with van der Waals surface area (Å²) in [5.41, 5.74) is 0.765. The molecule has 146 valence electrons. The number of fused-ring (bicyclic) bond motifs is 1. The summed E-state index contributed by atoms with van der Waals surface area (Å²) in [5.74, 6) is -0.611. The zero-order valence-corrected chi connectivity index (χ0v) is 17.3. The largest absolute Gasteiger partial charge is 0.496 e. The lowest BCUT2D eigenvalue weighted by Gasteiger charge is -2.11. The van der Waals surface area contributed by atoms with Crippen molar-refractivity contribution in [1.29, 1.82) is 0 Å². The number of hydrogen-bond acceptors (Lipinski definition) is 7. The molecule has 0 fully saturated rings. The van der Waals surface area contributed by atoms with Gasteiger partial charge in [0.25, 0.3) is 17.5 Å². The first kappa shape index (κ1) is 19.2. The molecule has 0 radical (unpaired) electrons. The van der Waals surface area contributed by atoms with E-state index in [-0.39, 0.29) is 23.4 Å². The number of aromatic nitrogens is 1. The van der Waals surface area contributed by atoms with E-state index in [2.05, 4.69) is 20.9 Å². The van der Waals surface area contributed by atoms with Crippen LogP contribution < -0.4 is 4.74 Å². The number of benzene rings is 2. The van der Waals surface area contributed by atoms with Crippen LogP contribution in [0, 0.1) is 10.1 Å². The summed E-state index contributed by atoms with van der Waals surface area (Å²) in [6.45, 7) is -0.0731. The summed E-state index contributed by atoms with van der Waals surface area (Å²) < 4.78 is 6.23. The molecule has 0 saturated carbocycles. The summed E-state index contributed by atoms with van der Waals surface area (Å²) in [4.78, 5) is 41.4. The number of thiazole rings is 1. The number of carbonyl (C=O) groups excluding carboxylic acids is 2. The van der Waals surface area contributed by atoms with Crippen molar-refractivity contribution in [2.75, 3.05) is 7.11 Å². The highest BCUT2D eigenvalue weighted by Crippen LogP contribution is 2.36. The fraction of sp³-hybridized carbons (Fsp3) is 0.105. The standard InChI is InChI=1S/C19H12BrN3O5S/c1-28-15-6-5-10(20)7-13(15)17-21-11(9-29-17)8-22-18(24)12-3-2-4-14(23(26)27)16(12)19(22)25/h2-7,9H,8H2,1H3. The number of rotatable bonds is 5. The smallest absolute Gasteiger partial charge is 0.282 e. The third-order valence-electron chi connectivity index (χ3n) is 4.44. The molecular weight excluding hydrogens is 462 g/mol. The summed E-state index contributed by atoms with van der Waals surface area (Å²) in [7, 11) is 1.56. The van der Waals surface area contributed by atoms with Crippen LogP contribution in [0.25, 0.3) is 10.6 Å². The SMILES string of the molecule is COc1ccc(Br)cc1-c1nc(CN2C(=O)c3cccc([N+](=O)[O-])c3C2=O)cs1. The van der Waals surface area contributed by atoms with Gasteiger partial charge in [-0.1, -0.05) is 22.0 Å². The minimum Gasteiger partial charge on any atom is -0.496 e. The Morgan fingerprint density at radius 2 is 2.00 bits per heavy atom. The van der Waals surface area contributed by atoms with Crippen LogP contribution in [0.1, 0.15) is 26.4 Å². The fourth-order valence-electron chi connectivity index (χ4n) is 3.12. The Bertz CT molecular complexity index is 1180. The van der Waals surface area contributed by atoms with Gasteiger partial charge in [0.1, 0.15) is 16.3 Å². The maximum atomic E-state index is 12.7. The van der Waals surface area contributed by atoms with E-state index in [1.165, 1.54) is 29.5 Å². The molecule has 8 nitrogen and oxygen atoms in total. The molecule has 2 amide bonds. The number of amides is 2. The predicted octanol–water partition coefficient (Wildman–Crippen LogP) is 4.29. The second-order valence-electron chi connectivity index (χ2n) is 6.14. The van der Waals surface area contributed by atoms with Crippen molar-refractivity contribution in [3.63, 3.8) is 0 Å². The molecule has 29 heavy (non-hydrogen) atoms. The number of nitro benzene ring substituents is 1. The van der Waals surface area contributed by atoms with Gasteiger partial charge in [-0.2, -0.15) is 0 Å². The second kappa shape index (κ2) is 7.37. The minimum absolute atomic E-state index is 0.0355. The molecule has 0 N–H and O–H groups in total. The first-order valence-corrected chi connectivity index (χ1v) is 10.00. The molecule has 0 atom stereocenters. The van der Waals surface area contributed by atoms with E-state index >= 15 is 0 Å². The molecule has 10 heteroatoms. The molecule has 2 heterocycles. The summed E-state index contributed by atoms with van der Waals surface area (Å²) in [6, 6.07) is 9.56. The van der Waals surface area contributed by atoms with Crippen molar-refractivity contribution in [1.82, 2.24) is 9.88 Å². The van der Waals surface area contributed by atoms with Gasteiger partial charge in [-0.05, 0) is 24.3 Å². The van der Waals surface area contributed by atoms with Crippen molar-refractivity contribution < 1.29 is 19.2 Å². The molecule has 0 spiro atoms. The highest BCUT2D eigenvalue weighted by atomic mass is 79.9. The molecule has 3 aromatic rings. The van der Waals surface area contributed by atoms with Crippen molar-refractivity contribution in [3.8, 4) is 16.3 Å². The lowest BCUT2D eigenvalue weighted by molar-refractivity contribution is -0.385. The van der Waals surface area contributed by atoms with Gasteiger partial charge in [0.15, 0.2) is 0 Å². The van der Waals surface area contributed by atoms with Crippen LogP contribution in [0.3, 0.4) is 0 Å². The molecule has 4 rings (SSSR count). The quantitative estimate of drug-likeness (QED) is 0.311. The number of imide groups is 1. The van der Waals surface area contributed by atoms with Crippen LogP contribution in [0.4, 0.5) is 5.69 Å². The summed E-state index contributed by atoms with van der Waals surface area (Å²) in [5, 5.41) is 13.6. The lowest BCUT2D eigenvalue weighted by atomic mass is 10.1. The molecule has 1 aromatic heterocycles. The Kier molecular flexibility index (Phi) is 4.89. The Balaban J connectivity index is 1.64. The van der Waals surface area contributed by atoms with Crippen molar-refractivity contribution in [3.05, 3.63) is 73.2 Å². The van der Waals surface area contributed by atoms with Gasteiger partial charge in [-0.3, -0.25) is 24.6 Å². The maximum absolute atomic E-state index is 12.7. The molecule has 2 aromatic carbocycles. The predicted molar refractivity (Wildman–Crippen MR) is 109 cm³/mol. The average Bonchev–Trinajstić information content (AvgIpc) is 3.27. The van der Waals surface area contributed by atoms with Crippen LogP contribution >= 0.6 is 27.3 Å². The van der Waals surface area contributed by atoms with Crippen LogP contribution in [-0.4, -0.2) is 33.7 Å². The third kappa shape index (κ3) is 3.30. The maximum Gasteiger partial charge on any atom is 0.282 e. The lowest BCUT2D eigenvalue weighted by Crippen LogP contribution is -2.29. The number of halogens is 1. The van der Waals surface area contributed by atoms with E-state index in [9.17, 15) is 19.7 Å². The van der Waals surface area contributed by atoms with E-state index in [4.69, 9.17) is 4.74 Å². The highest BCUT2D eigenvalue weighted by Gasteiger charge is 2.41. The molecule has 0 bridgehead atoms. The van der Waals surface area contributed by atoms with Crippen LogP contribution in [0.5, 0.6) is 5.75 Å². The van der Waals surface area contributed by atoms with Gasteiger partial charge in [-0.15, -0.1) is 11.3 Å². The van der Waals surface area contributed by atoms with Gasteiger partial charge in [0.2, 0.25) is 0 Å². The number of carbonyl (C=O) groups is 2. The molecular formula is C19H12BrN3O5S. The fourth-order valence-corrected chi connectivity index (χ4v) is 4.32. The van der Waals surface area contributed by atoms with Gasteiger partial charge < -0.3 is 4.74 Å². The van der Waals surface area contributed by atoms with Gasteiger partial charge >= 0.3 is 0 Å². The zero-order valence-electron chi connectivity index (χ0n) is 14.9. The van der Waals surface area contributed by atoms with Gasteiger partial charge in [0.05, 0.1) is 35.4 Å². The molecule has 1 aliphatic rings. The van der Waals surface area contributed by atoms with Gasteiger partial charge in [-0.25, -0.2) is 4.98 Å². The first-order chi connectivity index (χ1) is 13.9. The number of hydrogen-bond donors (Lipinski definition) is 0. The molecule has 1 aliphatic heterocycles. The Morgan fingerprint density at radius 1 is 1.21 bits per heavy atom. The van der Waals surface area contributed by atoms with Crippen molar-refractivity contribution in [2.24, 2.45) is 0 Å². The summed E-state index contributed by atoms with van der Waals surface area (Å²) >= 11 is 4.77. The highest BCUT2D eigenvalue weighted by molar-refractivity contribution is 9.10. The average molecular weight is 474 g/mol. The van der Waals surface area contributed by atoms with Crippen molar-refractivity contribution >= 4 is 44.8 Å². The molecule has 0 unspecified atom stereocenters. The van der Waals surface area contributed by atoms with E-state index in [0.717, 1.165) is 14.9 Å². The number of methoxy groups -OCH3 is 1. The molecule has 0 aliphatic carbocycles. The Hall–Kier alpha value is -3.11. The van der Waals surface area contributed by atoms with Crippen LogP contribution in [0.15, 0.2) is 46.3 Å². The third-order valence-corrected chi connectivity index (χ3v) is 5.86. The number of nitro groups is 1. The molecule has 0 saturated heterocycles. The zero-order chi connectivity index (χ0) is 20.7. The Morgan fingerprint density at radius 3 is 2.72 bits per heavy atom.